The van der Waals surface area contributed by atoms with Crippen molar-refractivity contribution in [3.8, 4) is 5.75 Å². The molecule has 0 aliphatic heterocycles. The van der Waals surface area contributed by atoms with Gasteiger partial charge in [-0.2, -0.15) is 0 Å². The van der Waals surface area contributed by atoms with Gasteiger partial charge in [-0.15, -0.1) is 0 Å². The number of aryl methyl sites for hydroxylation is 1. The zero-order chi connectivity index (χ0) is 12.4. The second-order valence-corrected chi connectivity index (χ2v) is 4.17. The van der Waals surface area contributed by atoms with E-state index in [1.165, 1.54) is 0 Å². The number of hydrogen-bond donors (Lipinski definition) is 0. The fourth-order valence-electron chi connectivity index (χ4n) is 1.90. The molecule has 0 N–H and O–H groups in total. The summed E-state index contributed by atoms with van der Waals surface area (Å²) in [4.78, 5) is 11.8. The molecule has 0 unspecified atom stereocenters. The van der Waals surface area contributed by atoms with Crippen LogP contribution in [0.25, 0.3) is 11.0 Å². The van der Waals surface area contributed by atoms with Crippen molar-refractivity contribution in [2.75, 3.05) is 7.11 Å². The van der Waals surface area contributed by atoms with Gasteiger partial charge in [0.1, 0.15) is 0 Å². The van der Waals surface area contributed by atoms with Crippen molar-refractivity contribution >= 4 is 16.8 Å². The summed E-state index contributed by atoms with van der Waals surface area (Å²) in [5, 5.41) is 0.918. The monoisotopic (exact) mass is 232 g/mol. The summed E-state index contributed by atoms with van der Waals surface area (Å²) in [7, 11) is 1.60. The molecule has 0 saturated carbocycles. The molecule has 0 fully saturated rings. The van der Waals surface area contributed by atoms with E-state index in [9.17, 15) is 4.79 Å². The van der Waals surface area contributed by atoms with Crippen molar-refractivity contribution in [2.45, 2.75) is 26.7 Å². The Bertz CT molecular complexity index is 552. The van der Waals surface area contributed by atoms with Gasteiger partial charge >= 0.3 is 0 Å². The number of Topliss-reactive ketones (excluding diaryl/α,β-unsaturated/α-hetero) is 1. The summed E-state index contributed by atoms with van der Waals surface area (Å²) >= 11 is 0. The smallest absolute Gasteiger partial charge is 0.198 e. The maximum Gasteiger partial charge on any atom is 0.198 e. The van der Waals surface area contributed by atoms with Gasteiger partial charge in [0.25, 0.3) is 0 Å². The highest BCUT2D eigenvalue weighted by molar-refractivity contribution is 5.98. The van der Waals surface area contributed by atoms with Crippen molar-refractivity contribution in [2.24, 2.45) is 0 Å². The molecule has 2 aromatic rings. The summed E-state index contributed by atoms with van der Waals surface area (Å²) in [6.45, 7) is 3.97. The van der Waals surface area contributed by atoms with E-state index in [0.29, 0.717) is 23.5 Å². The number of fused-ring (bicyclic) bond motifs is 1. The molecular formula is C14H16O3. The second kappa shape index (κ2) is 4.62. The quantitative estimate of drug-likeness (QED) is 0.754. The average molecular weight is 232 g/mol. The van der Waals surface area contributed by atoms with Gasteiger partial charge in [-0.3, -0.25) is 4.79 Å². The van der Waals surface area contributed by atoms with Crippen LogP contribution < -0.4 is 4.74 Å². The van der Waals surface area contributed by atoms with E-state index < -0.39 is 0 Å². The first-order valence-corrected chi connectivity index (χ1v) is 5.77. The summed E-state index contributed by atoms with van der Waals surface area (Å²) in [5.74, 6) is 1.14. The molecular weight excluding hydrogens is 216 g/mol. The van der Waals surface area contributed by atoms with Crippen molar-refractivity contribution < 1.29 is 13.9 Å². The first-order chi connectivity index (χ1) is 8.15. The highest BCUT2D eigenvalue weighted by Crippen LogP contribution is 2.30. The van der Waals surface area contributed by atoms with Gasteiger partial charge in [-0.1, -0.05) is 6.92 Å². The van der Waals surface area contributed by atoms with Gasteiger partial charge in [-0.05, 0) is 37.1 Å². The van der Waals surface area contributed by atoms with Crippen molar-refractivity contribution in [3.05, 3.63) is 29.5 Å². The normalized spacial score (nSPS) is 10.8. The number of methoxy groups -OCH3 is 1. The first-order valence-electron chi connectivity index (χ1n) is 5.77. The SMILES string of the molecule is CCCC(=O)c1cc2cc(C)cc(OC)c2o1. The Morgan fingerprint density at radius 3 is 2.76 bits per heavy atom. The summed E-state index contributed by atoms with van der Waals surface area (Å²) in [6, 6.07) is 5.69. The molecule has 0 spiro atoms. The number of hydrogen-bond acceptors (Lipinski definition) is 3. The highest BCUT2D eigenvalue weighted by Gasteiger charge is 2.14. The highest BCUT2D eigenvalue weighted by atomic mass is 16.5. The first kappa shape index (κ1) is 11.7. The van der Waals surface area contributed by atoms with Crippen LogP contribution in [0.4, 0.5) is 0 Å². The van der Waals surface area contributed by atoms with Gasteiger partial charge < -0.3 is 9.15 Å². The van der Waals surface area contributed by atoms with E-state index in [2.05, 4.69) is 0 Å². The molecule has 0 bridgehead atoms. The fourth-order valence-corrected chi connectivity index (χ4v) is 1.90. The van der Waals surface area contributed by atoms with E-state index in [0.717, 1.165) is 17.4 Å². The van der Waals surface area contributed by atoms with Crippen LogP contribution in [-0.4, -0.2) is 12.9 Å². The van der Waals surface area contributed by atoms with Crippen LogP contribution in [0.15, 0.2) is 22.6 Å². The Morgan fingerprint density at radius 1 is 1.35 bits per heavy atom. The molecule has 2 rings (SSSR count). The van der Waals surface area contributed by atoms with Crippen LogP contribution in [0.5, 0.6) is 5.75 Å². The van der Waals surface area contributed by atoms with E-state index in [1.807, 2.05) is 26.0 Å². The standard InChI is InChI=1S/C14H16O3/c1-4-5-11(15)12-8-10-6-9(2)7-13(16-3)14(10)17-12/h6-8H,4-5H2,1-3H3. The Morgan fingerprint density at radius 2 is 2.12 bits per heavy atom. The lowest BCUT2D eigenvalue weighted by molar-refractivity contribution is 0.0957. The van der Waals surface area contributed by atoms with Crippen LogP contribution in [0.3, 0.4) is 0 Å². The van der Waals surface area contributed by atoms with Crippen LogP contribution >= 0.6 is 0 Å². The number of carbonyl (C=O) groups is 1. The molecule has 0 amide bonds. The van der Waals surface area contributed by atoms with Gasteiger partial charge in [-0.25, -0.2) is 0 Å². The minimum atomic E-state index is 0.0448. The summed E-state index contributed by atoms with van der Waals surface area (Å²) in [6.07, 6.45) is 1.34. The molecule has 0 atom stereocenters. The van der Waals surface area contributed by atoms with Gasteiger partial charge in [0.2, 0.25) is 0 Å². The fraction of sp³-hybridized carbons (Fsp3) is 0.357. The largest absolute Gasteiger partial charge is 0.493 e. The van der Waals surface area contributed by atoms with Crippen LogP contribution in [0.1, 0.15) is 35.9 Å². The van der Waals surface area contributed by atoms with Crippen LogP contribution in [0, 0.1) is 6.92 Å². The van der Waals surface area contributed by atoms with E-state index in [1.54, 1.807) is 13.2 Å². The molecule has 3 nitrogen and oxygen atoms in total. The number of furan rings is 1. The van der Waals surface area contributed by atoms with Crippen LogP contribution in [-0.2, 0) is 0 Å². The van der Waals surface area contributed by atoms with E-state index in [-0.39, 0.29) is 5.78 Å². The third kappa shape index (κ3) is 2.18. The predicted octanol–water partition coefficient (Wildman–Crippen LogP) is 3.73. The minimum Gasteiger partial charge on any atom is -0.493 e. The molecule has 17 heavy (non-hydrogen) atoms. The lowest BCUT2D eigenvalue weighted by atomic mass is 10.1. The zero-order valence-corrected chi connectivity index (χ0v) is 10.4. The molecule has 0 saturated heterocycles. The third-order valence-electron chi connectivity index (χ3n) is 2.70. The Balaban J connectivity index is 2.53. The van der Waals surface area contributed by atoms with E-state index in [4.69, 9.17) is 9.15 Å². The number of ketones is 1. The second-order valence-electron chi connectivity index (χ2n) is 4.17. The van der Waals surface area contributed by atoms with Crippen molar-refractivity contribution in [1.82, 2.24) is 0 Å². The molecule has 0 radical (unpaired) electrons. The molecule has 0 aliphatic carbocycles. The summed E-state index contributed by atoms with van der Waals surface area (Å²) < 4.78 is 10.8. The predicted molar refractivity (Wildman–Crippen MR) is 66.7 cm³/mol. The Labute approximate surface area is 100 Å². The molecule has 1 aromatic heterocycles. The van der Waals surface area contributed by atoms with Crippen LogP contribution in [0.2, 0.25) is 0 Å². The number of benzene rings is 1. The van der Waals surface area contributed by atoms with Gasteiger partial charge in [0.05, 0.1) is 7.11 Å². The number of rotatable bonds is 4. The topological polar surface area (TPSA) is 39.4 Å². The Hall–Kier alpha value is -1.77. The van der Waals surface area contributed by atoms with Gasteiger partial charge in [0.15, 0.2) is 22.9 Å². The zero-order valence-electron chi connectivity index (χ0n) is 10.4. The maximum atomic E-state index is 11.8. The molecule has 90 valence electrons. The number of ether oxygens (including phenoxy) is 1. The van der Waals surface area contributed by atoms with Crippen molar-refractivity contribution in [1.29, 1.82) is 0 Å². The third-order valence-corrected chi connectivity index (χ3v) is 2.70. The minimum absolute atomic E-state index is 0.0448. The molecule has 1 heterocycles. The summed E-state index contributed by atoms with van der Waals surface area (Å²) in [5.41, 5.74) is 1.74. The lowest BCUT2D eigenvalue weighted by Gasteiger charge is -2.01. The van der Waals surface area contributed by atoms with E-state index >= 15 is 0 Å². The maximum absolute atomic E-state index is 11.8. The molecule has 3 heteroatoms. The van der Waals surface area contributed by atoms with Gasteiger partial charge in [0, 0.05) is 11.8 Å². The lowest BCUT2D eigenvalue weighted by Crippen LogP contribution is -1.94. The molecule has 0 aliphatic rings. The average Bonchev–Trinajstić information content (AvgIpc) is 2.71. The molecule has 1 aromatic carbocycles. The number of carbonyl (C=O) groups excluding carboxylic acids is 1. The van der Waals surface area contributed by atoms with Crippen molar-refractivity contribution in [3.63, 3.8) is 0 Å². The Kier molecular flexibility index (Phi) is 3.18.